The highest BCUT2D eigenvalue weighted by atomic mass is 35.5. The molecule has 0 aromatic carbocycles. The van der Waals surface area contributed by atoms with Gasteiger partial charge < -0.3 is 9.47 Å². The van der Waals surface area contributed by atoms with E-state index in [0.29, 0.717) is 12.4 Å². The largest absolute Gasteiger partial charge is 0.464 e. The van der Waals surface area contributed by atoms with Gasteiger partial charge in [0.2, 0.25) is 5.28 Å². The predicted octanol–water partition coefficient (Wildman–Crippen LogP) is 2.98. The third kappa shape index (κ3) is 3.54. The summed E-state index contributed by atoms with van der Waals surface area (Å²) in [4.78, 5) is 16.2. The smallest absolute Gasteiger partial charge is 0.329 e. The van der Waals surface area contributed by atoms with Crippen molar-refractivity contribution < 1.29 is 9.47 Å². The molecule has 0 saturated heterocycles. The topological polar surface area (TPSA) is 70.0 Å². The van der Waals surface area contributed by atoms with Crippen LogP contribution in [0, 0.1) is 6.92 Å². The van der Waals surface area contributed by atoms with E-state index in [0.717, 1.165) is 17.8 Å². The summed E-state index contributed by atoms with van der Waals surface area (Å²) in [7, 11) is 0. The number of halogens is 1. The molecule has 0 aliphatic rings. The Morgan fingerprint density at radius 3 is 2.50 bits per heavy atom. The van der Waals surface area contributed by atoms with E-state index in [2.05, 4.69) is 19.9 Å². The van der Waals surface area contributed by atoms with Gasteiger partial charge in [-0.25, -0.2) is 0 Å². The Hall–Kier alpha value is -1.95. The van der Waals surface area contributed by atoms with Crippen LogP contribution in [0.15, 0.2) is 12.1 Å². The number of nitrogens with zero attached hydrogens (tertiary/aromatic N) is 4. The van der Waals surface area contributed by atoms with E-state index >= 15 is 0 Å². The van der Waals surface area contributed by atoms with E-state index in [-0.39, 0.29) is 17.3 Å². The van der Waals surface area contributed by atoms with Crippen LogP contribution < -0.4 is 9.47 Å². The van der Waals surface area contributed by atoms with Crippen LogP contribution in [0.2, 0.25) is 5.28 Å². The van der Waals surface area contributed by atoms with E-state index in [1.54, 1.807) is 0 Å². The lowest BCUT2D eigenvalue weighted by molar-refractivity contribution is 0.302. The Kier molecular flexibility index (Phi) is 4.68. The standard InChI is InChI=1S/C13H15ClN4O2/c1-4-9-10(7-6-8(3)15-9)20-13-17-11(14)16-12(18-13)19-5-2/h6-7H,4-5H2,1-3H3. The number of ether oxygens (including phenoxy) is 2. The highest BCUT2D eigenvalue weighted by Gasteiger charge is 2.11. The van der Waals surface area contributed by atoms with Crippen LogP contribution in [-0.2, 0) is 6.42 Å². The van der Waals surface area contributed by atoms with Gasteiger partial charge >= 0.3 is 12.0 Å². The molecule has 0 fully saturated rings. The molecule has 0 aliphatic heterocycles. The average Bonchev–Trinajstić information content (AvgIpc) is 2.40. The number of pyridine rings is 1. The Morgan fingerprint density at radius 1 is 1.05 bits per heavy atom. The molecule has 6 nitrogen and oxygen atoms in total. The van der Waals surface area contributed by atoms with Crippen molar-refractivity contribution in [1.29, 1.82) is 0 Å². The van der Waals surface area contributed by atoms with E-state index < -0.39 is 0 Å². The second kappa shape index (κ2) is 6.47. The second-order valence-corrected chi connectivity index (χ2v) is 4.29. The molecule has 20 heavy (non-hydrogen) atoms. The minimum atomic E-state index is 0.0246. The van der Waals surface area contributed by atoms with Crippen LogP contribution in [0.3, 0.4) is 0 Å². The molecule has 106 valence electrons. The van der Waals surface area contributed by atoms with Crippen LogP contribution in [0.25, 0.3) is 0 Å². The van der Waals surface area contributed by atoms with Gasteiger partial charge in [0.25, 0.3) is 0 Å². The Morgan fingerprint density at radius 2 is 1.80 bits per heavy atom. The molecule has 0 saturated carbocycles. The van der Waals surface area contributed by atoms with Gasteiger partial charge in [0.1, 0.15) is 0 Å². The van der Waals surface area contributed by atoms with Crippen molar-refractivity contribution in [2.24, 2.45) is 0 Å². The first-order valence-electron chi connectivity index (χ1n) is 6.31. The van der Waals surface area contributed by atoms with Crippen LogP contribution in [0.1, 0.15) is 25.2 Å². The molecule has 0 bridgehead atoms. The van der Waals surface area contributed by atoms with Crippen molar-refractivity contribution >= 4 is 11.6 Å². The lowest BCUT2D eigenvalue weighted by Crippen LogP contribution is -2.03. The summed E-state index contributed by atoms with van der Waals surface area (Å²) in [6.45, 7) is 6.19. The number of aromatic nitrogens is 4. The molecular formula is C13H15ClN4O2. The maximum Gasteiger partial charge on any atom is 0.329 e. The zero-order chi connectivity index (χ0) is 14.5. The molecule has 0 aliphatic carbocycles. The molecule has 0 radical (unpaired) electrons. The molecule has 0 unspecified atom stereocenters. The molecular weight excluding hydrogens is 280 g/mol. The zero-order valence-corrected chi connectivity index (χ0v) is 12.3. The van der Waals surface area contributed by atoms with Crippen molar-refractivity contribution in [2.75, 3.05) is 6.61 Å². The van der Waals surface area contributed by atoms with Crippen LogP contribution >= 0.6 is 11.6 Å². The SMILES string of the molecule is CCOc1nc(Cl)nc(Oc2ccc(C)nc2CC)n1. The summed E-state index contributed by atoms with van der Waals surface area (Å²) < 4.78 is 10.8. The first kappa shape index (κ1) is 14.5. The van der Waals surface area contributed by atoms with Gasteiger partial charge in [0.15, 0.2) is 5.75 Å². The Bertz CT molecular complexity index is 607. The van der Waals surface area contributed by atoms with Crippen LogP contribution in [0.5, 0.6) is 17.8 Å². The van der Waals surface area contributed by atoms with E-state index in [1.807, 2.05) is 32.9 Å². The van der Waals surface area contributed by atoms with Crippen LogP contribution in [-0.4, -0.2) is 26.5 Å². The van der Waals surface area contributed by atoms with Gasteiger partial charge in [0.05, 0.1) is 12.3 Å². The summed E-state index contributed by atoms with van der Waals surface area (Å²) in [5.74, 6) is 0.600. The number of aryl methyl sites for hydroxylation is 2. The van der Waals surface area contributed by atoms with Gasteiger partial charge in [-0.15, -0.1) is 4.98 Å². The number of hydrogen-bond acceptors (Lipinski definition) is 6. The zero-order valence-electron chi connectivity index (χ0n) is 11.6. The molecule has 2 aromatic rings. The quantitative estimate of drug-likeness (QED) is 0.844. The monoisotopic (exact) mass is 294 g/mol. The highest BCUT2D eigenvalue weighted by molar-refractivity contribution is 6.28. The minimum absolute atomic E-state index is 0.0246. The molecule has 0 atom stereocenters. The third-order valence-corrected chi connectivity index (χ3v) is 2.62. The third-order valence-electron chi connectivity index (χ3n) is 2.45. The van der Waals surface area contributed by atoms with Gasteiger partial charge in [-0.1, -0.05) is 6.92 Å². The molecule has 2 aromatic heterocycles. The summed E-state index contributed by atoms with van der Waals surface area (Å²) in [5.41, 5.74) is 1.76. The molecule has 2 rings (SSSR count). The maximum atomic E-state index is 5.81. The van der Waals surface area contributed by atoms with Gasteiger partial charge in [0, 0.05) is 5.69 Å². The summed E-state index contributed by atoms with van der Waals surface area (Å²) in [6, 6.07) is 3.93. The van der Waals surface area contributed by atoms with E-state index in [9.17, 15) is 0 Å². The minimum Gasteiger partial charge on any atom is -0.464 e. The average molecular weight is 295 g/mol. The summed E-state index contributed by atoms with van der Waals surface area (Å²) in [6.07, 6.45) is 0.744. The molecule has 2 heterocycles. The van der Waals surface area contributed by atoms with E-state index in [1.165, 1.54) is 0 Å². The fourth-order valence-corrected chi connectivity index (χ4v) is 1.74. The first-order valence-corrected chi connectivity index (χ1v) is 6.69. The molecule has 0 N–H and O–H groups in total. The Balaban J connectivity index is 2.29. The van der Waals surface area contributed by atoms with Crippen molar-refractivity contribution in [1.82, 2.24) is 19.9 Å². The number of rotatable bonds is 5. The van der Waals surface area contributed by atoms with Gasteiger partial charge in [-0.3, -0.25) is 4.98 Å². The van der Waals surface area contributed by atoms with Crippen molar-refractivity contribution in [2.45, 2.75) is 27.2 Å². The number of hydrogen-bond donors (Lipinski definition) is 0. The van der Waals surface area contributed by atoms with Crippen molar-refractivity contribution in [3.8, 4) is 17.8 Å². The second-order valence-electron chi connectivity index (χ2n) is 3.96. The van der Waals surface area contributed by atoms with Crippen LogP contribution in [0.4, 0.5) is 0 Å². The molecule has 7 heteroatoms. The lowest BCUT2D eigenvalue weighted by Gasteiger charge is -2.09. The van der Waals surface area contributed by atoms with Crippen molar-refractivity contribution in [3.05, 3.63) is 28.8 Å². The molecule has 0 spiro atoms. The van der Waals surface area contributed by atoms with Gasteiger partial charge in [-0.05, 0) is 44.0 Å². The highest BCUT2D eigenvalue weighted by Crippen LogP contribution is 2.24. The lowest BCUT2D eigenvalue weighted by atomic mass is 10.2. The predicted molar refractivity (Wildman–Crippen MR) is 74.4 cm³/mol. The van der Waals surface area contributed by atoms with E-state index in [4.69, 9.17) is 21.1 Å². The normalized spacial score (nSPS) is 10.4. The van der Waals surface area contributed by atoms with Crippen molar-refractivity contribution in [3.63, 3.8) is 0 Å². The fourth-order valence-electron chi connectivity index (χ4n) is 1.60. The first-order chi connectivity index (χ1) is 9.62. The maximum absolute atomic E-state index is 5.81. The summed E-state index contributed by atoms with van der Waals surface area (Å²) in [5, 5.41) is 0.0246. The molecule has 0 amide bonds. The summed E-state index contributed by atoms with van der Waals surface area (Å²) >= 11 is 5.81. The Labute approximate surface area is 122 Å². The fraction of sp³-hybridized carbons (Fsp3) is 0.385. The van der Waals surface area contributed by atoms with Gasteiger partial charge in [-0.2, -0.15) is 9.97 Å².